The Balaban J connectivity index is 1.64. The van der Waals surface area contributed by atoms with Crippen molar-refractivity contribution in [3.8, 4) is 33.4 Å². The van der Waals surface area contributed by atoms with E-state index in [-0.39, 0.29) is 5.41 Å². The highest BCUT2D eigenvalue weighted by atomic mass is 79.9. The van der Waals surface area contributed by atoms with E-state index in [0.717, 1.165) is 14.5 Å². The van der Waals surface area contributed by atoms with Crippen LogP contribution in [0.15, 0.2) is 81.7 Å². The molecule has 5 rings (SSSR count). The summed E-state index contributed by atoms with van der Waals surface area (Å²) >= 11 is 7.20. The number of hydrogen-bond acceptors (Lipinski definition) is 0. The molecule has 0 amide bonds. The SMILES string of the molecule is CCCCCCC1(CCCCCC)c2cc(-c3ccc(Br)cc3)c#cc2-c2ccc(-c3ccc(Br)cc3)cc21. The van der Waals surface area contributed by atoms with Gasteiger partial charge in [-0.15, -0.1) is 0 Å². The van der Waals surface area contributed by atoms with Crippen molar-refractivity contribution < 1.29 is 0 Å². The molecule has 0 atom stereocenters. The minimum Gasteiger partial charge on any atom is -0.0654 e. The summed E-state index contributed by atoms with van der Waals surface area (Å²) in [6.07, 6.45) is 12.7. The van der Waals surface area contributed by atoms with Gasteiger partial charge in [-0.1, -0.05) is 146 Å². The second kappa shape index (κ2) is 12.9. The van der Waals surface area contributed by atoms with Crippen molar-refractivity contribution in [3.05, 3.63) is 105 Å². The van der Waals surface area contributed by atoms with Gasteiger partial charge in [0.2, 0.25) is 0 Å². The van der Waals surface area contributed by atoms with Crippen LogP contribution in [0.4, 0.5) is 0 Å². The fourth-order valence-corrected chi connectivity index (χ4v) is 6.85. The molecule has 0 unspecified atom stereocenters. The summed E-state index contributed by atoms with van der Waals surface area (Å²) in [5, 5.41) is 0. The van der Waals surface area contributed by atoms with E-state index < -0.39 is 0 Å². The predicted molar refractivity (Wildman–Crippen MR) is 174 cm³/mol. The molecule has 0 nitrogen and oxygen atoms in total. The van der Waals surface area contributed by atoms with Crippen LogP contribution in [0.2, 0.25) is 0 Å². The molecule has 4 aromatic carbocycles. The number of hydrogen-bond donors (Lipinski definition) is 0. The highest BCUT2D eigenvalue weighted by molar-refractivity contribution is 9.10. The van der Waals surface area contributed by atoms with Gasteiger partial charge < -0.3 is 0 Å². The van der Waals surface area contributed by atoms with Gasteiger partial charge in [-0.05, 0) is 82.6 Å². The third-order valence-electron chi connectivity index (χ3n) is 8.45. The van der Waals surface area contributed by atoms with Crippen molar-refractivity contribution in [2.24, 2.45) is 0 Å². The molecule has 0 aliphatic heterocycles. The van der Waals surface area contributed by atoms with Gasteiger partial charge in [-0.2, -0.15) is 0 Å². The fraction of sp³-hybridized carbons (Fsp3) is 0.351. The van der Waals surface area contributed by atoms with Gasteiger partial charge in [0.05, 0.1) is 0 Å². The smallest absolute Gasteiger partial charge is 0.0366 e. The van der Waals surface area contributed by atoms with E-state index in [9.17, 15) is 0 Å². The summed E-state index contributed by atoms with van der Waals surface area (Å²) in [6.45, 7) is 4.61. The molecule has 0 spiro atoms. The van der Waals surface area contributed by atoms with Crippen LogP contribution >= 0.6 is 31.9 Å². The quantitative estimate of drug-likeness (QED) is 0.135. The number of unbranched alkanes of at least 4 members (excludes halogenated alkanes) is 6. The van der Waals surface area contributed by atoms with Crippen LogP contribution in [0.3, 0.4) is 0 Å². The Labute approximate surface area is 252 Å². The van der Waals surface area contributed by atoms with Gasteiger partial charge in [-0.25, -0.2) is 0 Å². The van der Waals surface area contributed by atoms with E-state index in [1.807, 2.05) is 0 Å². The Morgan fingerprint density at radius 3 is 1.72 bits per heavy atom. The lowest BCUT2D eigenvalue weighted by Crippen LogP contribution is -2.25. The van der Waals surface area contributed by atoms with Crippen molar-refractivity contribution in [3.63, 3.8) is 0 Å². The highest BCUT2D eigenvalue weighted by Crippen LogP contribution is 2.55. The lowest BCUT2D eigenvalue weighted by Gasteiger charge is -2.33. The molecule has 0 N–H and O–H groups in total. The molecule has 200 valence electrons. The number of halogens is 2. The Morgan fingerprint density at radius 2 is 1.13 bits per heavy atom. The van der Waals surface area contributed by atoms with Crippen LogP contribution in [-0.4, -0.2) is 0 Å². The van der Waals surface area contributed by atoms with Crippen LogP contribution in [0.1, 0.15) is 89.2 Å². The van der Waals surface area contributed by atoms with Crippen molar-refractivity contribution in [2.45, 2.75) is 83.5 Å². The maximum atomic E-state index is 3.67. The highest BCUT2D eigenvalue weighted by Gasteiger charge is 2.42. The first kappa shape index (κ1) is 28.2. The summed E-state index contributed by atoms with van der Waals surface area (Å²) < 4.78 is 2.22. The molecular formula is C37H38Br2. The van der Waals surface area contributed by atoms with Crippen molar-refractivity contribution in [1.82, 2.24) is 0 Å². The molecule has 0 heterocycles. The number of benzene rings is 3. The van der Waals surface area contributed by atoms with Gasteiger partial charge in [0.15, 0.2) is 0 Å². The predicted octanol–water partition coefficient (Wildman–Crippen LogP) is 12.4. The summed E-state index contributed by atoms with van der Waals surface area (Å²) in [4.78, 5) is 0. The largest absolute Gasteiger partial charge is 0.0654 e. The molecule has 0 aromatic heterocycles. The average Bonchev–Trinajstić information content (AvgIpc) is 3.23. The Bertz CT molecular complexity index is 1270. The normalized spacial score (nSPS) is 13.1. The minimum absolute atomic E-state index is 0.0211. The first-order valence-electron chi connectivity index (χ1n) is 14.7. The molecule has 0 fully saturated rings. The first-order valence-corrected chi connectivity index (χ1v) is 16.3. The average molecular weight is 643 g/mol. The van der Waals surface area contributed by atoms with Crippen LogP contribution in [-0.2, 0) is 5.41 Å². The second-order valence-electron chi connectivity index (χ2n) is 11.1. The van der Waals surface area contributed by atoms with Gasteiger partial charge in [0.25, 0.3) is 0 Å². The van der Waals surface area contributed by atoms with E-state index in [2.05, 4.69) is 131 Å². The Hall–Kier alpha value is -2.34. The molecule has 0 bridgehead atoms. The third kappa shape index (κ3) is 6.06. The van der Waals surface area contributed by atoms with Gasteiger partial charge in [0, 0.05) is 25.5 Å². The van der Waals surface area contributed by atoms with E-state index in [0.29, 0.717) is 0 Å². The van der Waals surface area contributed by atoms with E-state index in [1.165, 1.54) is 103 Å². The maximum Gasteiger partial charge on any atom is 0.0366 e. The molecule has 39 heavy (non-hydrogen) atoms. The van der Waals surface area contributed by atoms with Gasteiger partial charge in [0.1, 0.15) is 0 Å². The molecule has 0 saturated carbocycles. The second-order valence-corrected chi connectivity index (χ2v) is 12.9. The molecule has 1 aliphatic carbocycles. The van der Waals surface area contributed by atoms with E-state index in [4.69, 9.17) is 0 Å². The summed E-state index contributed by atoms with van der Waals surface area (Å²) in [5.41, 5.74) is 10.5. The van der Waals surface area contributed by atoms with Crippen molar-refractivity contribution >= 4 is 31.9 Å². The summed E-state index contributed by atoms with van der Waals surface area (Å²) in [6, 6.07) is 34.2. The first-order chi connectivity index (χ1) is 19.1. The zero-order chi connectivity index (χ0) is 27.2. The Morgan fingerprint density at radius 1 is 0.564 bits per heavy atom. The lowest BCUT2D eigenvalue weighted by atomic mass is 9.70. The fourth-order valence-electron chi connectivity index (χ4n) is 6.32. The topological polar surface area (TPSA) is 0 Å². The monoisotopic (exact) mass is 640 g/mol. The van der Waals surface area contributed by atoms with E-state index >= 15 is 0 Å². The third-order valence-corrected chi connectivity index (χ3v) is 9.50. The standard InChI is InChI=1S/C37H38Br2/c1-3-5-7-9-23-37(24-10-8-6-4-2)35-25-29(27-11-17-31(38)18-12-27)15-21-33(35)34-22-16-30(26-36(34)37)28-13-19-32(39)20-14-28/h11-15,17-21,25-26H,3-10,23-24H2,1-2H3. The van der Waals surface area contributed by atoms with Crippen molar-refractivity contribution in [1.29, 1.82) is 0 Å². The van der Waals surface area contributed by atoms with Crippen LogP contribution in [0.5, 0.6) is 0 Å². The lowest BCUT2D eigenvalue weighted by molar-refractivity contribution is 0.401. The minimum atomic E-state index is 0.0211. The van der Waals surface area contributed by atoms with Crippen LogP contribution in [0.25, 0.3) is 33.4 Å². The molecule has 2 heteroatoms. The Kier molecular flexibility index (Phi) is 9.32. The van der Waals surface area contributed by atoms with Crippen LogP contribution < -0.4 is 0 Å². The summed E-state index contributed by atoms with van der Waals surface area (Å²) in [7, 11) is 0. The van der Waals surface area contributed by atoms with Gasteiger partial charge >= 0.3 is 0 Å². The van der Waals surface area contributed by atoms with E-state index in [1.54, 1.807) is 0 Å². The maximum absolute atomic E-state index is 3.67. The molecule has 4 aromatic rings. The molecule has 1 aliphatic rings. The number of fused-ring (bicyclic) bond motifs is 3. The molecule has 0 saturated heterocycles. The number of rotatable bonds is 12. The summed E-state index contributed by atoms with van der Waals surface area (Å²) in [5.74, 6) is 0. The zero-order valence-electron chi connectivity index (χ0n) is 23.3. The van der Waals surface area contributed by atoms with Gasteiger partial charge in [-0.3, -0.25) is 0 Å². The van der Waals surface area contributed by atoms with Crippen molar-refractivity contribution in [2.75, 3.05) is 0 Å². The zero-order valence-corrected chi connectivity index (χ0v) is 26.4. The molecular weight excluding hydrogens is 604 g/mol. The van der Waals surface area contributed by atoms with Crippen LogP contribution in [0, 0.1) is 12.1 Å². The molecule has 0 radical (unpaired) electrons.